The molecule has 1 rings (SSSR count). The molecular weight excluding hydrogens is 844 g/mol. The zero-order chi connectivity index (χ0) is 48.2. The number of H-pyrrole nitrogens is 1. The van der Waals surface area contributed by atoms with Gasteiger partial charge in [-0.25, -0.2) is 14.6 Å². The number of aliphatic carboxylic acids is 4. The first-order chi connectivity index (χ1) is 30.2. The van der Waals surface area contributed by atoms with Crippen molar-refractivity contribution in [3.05, 3.63) is 18.2 Å². The number of carboxylic acid groups (broad SMARTS) is 4. The Bertz CT molecular complexity index is 1780. The van der Waals surface area contributed by atoms with Crippen molar-refractivity contribution in [2.75, 3.05) is 13.1 Å². The molecule has 1 heterocycles. The van der Waals surface area contributed by atoms with Crippen molar-refractivity contribution in [1.29, 1.82) is 0 Å². The van der Waals surface area contributed by atoms with Gasteiger partial charge in [0.2, 0.25) is 23.6 Å². The third-order valence-electron chi connectivity index (χ3n) is 10.4. The number of aryl methyl sites for hydroxylation is 1. The lowest BCUT2D eigenvalue weighted by molar-refractivity contribution is -0.145. The molecule has 0 aliphatic heterocycles. The number of aromatic amines is 1. The molecule has 0 aliphatic rings. The highest BCUT2D eigenvalue weighted by molar-refractivity contribution is 5.89. The van der Waals surface area contributed by atoms with Gasteiger partial charge in [0, 0.05) is 89.1 Å². The molecule has 0 saturated heterocycles. The van der Waals surface area contributed by atoms with Crippen LogP contribution in [0.25, 0.3) is 0 Å². The van der Waals surface area contributed by atoms with Gasteiger partial charge in [0.05, 0.1) is 24.7 Å². The molecule has 22 heteroatoms. The summed E-state index contributed by atoms with van der Waals surface area (Å²) < 4.78 is 0. The quantitative estimate of drug-likeness (QED) is 0.0425. The van der Waals surface area contributed by atoms with Crippen molar-refractivity contribution in [3.8, 4) is 0 Å². The Morgan fingerprint density at radius 1 is 0.578 bits per heavy atom. The number of carbonyl (C=O) groups excluding carboxylic acids is 8. The van der Waals surface area contributed by atoms with Crippen molar-refractivity contribution in [2.45, 2.75) is 142 Å². The van der Waals surface area contributed by atoms with Gasteiger partial charge in [-0.1, -0.05) is 13.3 Å². The molecule has 5 atom stereocenters. The minimum atomic E-state index is -1.60. The van der Waals surface area contributed by atoms with Gasteiger partial charge in [0.25, 0.3) is 0 Å². The van der Waals surface area contributed by atoms with Crippen LogP contribution < -0.4 is 21.3 Å². The molecule has 0 fully saturated rings. The SMILES string of the molecule is CCC(=O)[C@H](CCCCNC(=O)CNC(=O)CC[C@H](CC(=O)CC[C@H](NC(=O)CC[C@H](CC(=O)CC[C@H](NC(C)=O)C(=O)O)C(=O)O)C(=O)O)C(=O)O)CCC(=O)CCc1cnc[nH]1. The van der Waals surface area contributed by atoms with Crippen LogP contribution in [0.3, 0.4) is 0 Å². The van der Waals surface area contributed by atoms with Gasteiger partial charge >= 0.3 is 23.9 Å². The number of imidazole rings is 1. The van der Waals surface area contributed by atoms with E-state index < -0.39 is 115 Å². The summed E-state index contributed by atoms with van der Waals surface area (Å²) in [5.74, 6) is -12.5. The standard InChI is InChI=1S/C42H62N6O16/c1-3-35(53)26(7-11-30(50)12-10-29-22-43-24-46-29)6-4-5-19-44-38(56)23-45-36(54)17-8-27(39(57)58)20-32(52)14-16-34(42(63)64)48-37(55)18-9-28(40(59)60)21-31(51)13-15-33(41(61)62)47-25(2)49/h22,24,26-28,33-34H,3-21,23H2,1-2H3,(H,43,46)(H,44,56)(H,45,54)(H,47,49)(H,48,55)(H,57,58)(H,59,60)(H,61,62)(H,63,64)/t26-,27-,28-,33+,34+/m1/s1. The van der Waals surface area contributed by atoms with Crippen LogP contribution in [-0.4, -0.2) is 126 Å². The van der Waals surface area contributed by atoms with Crippen LogP contribution in [0.5, 0.6) is 0 Å². The van der Waals surface area contributed by atoms with E-state index in [4.69, 9.17) is 5.11 Å². The molecule has 64 heavy (non-hydrogen) atoms. The molecule has 0 saturated carbocycles. The third-order valence-corrected chi connectivity index (χ3v) is 10.4. The van der Waals surface area contributed by atoms with Crippen molar-refractivity contribution < 1.29 is 78.0 Å². The van der Waals surface area contributed by atoms with Gasteiger partial charge in [0.1, 0.15) is 35.2 Å². The molecule has 9 N–H and O–H groups in total. The lowest BCUT2D eigenvalue weighted by Crippen LogP contribution is -2.41. The van der Waals surface area contributed by atoms with E-state index in [9.17, 15) is 72.9 Å². The van der Waals surface area contributed by atoms with Crippen LogP contribution >= 0.6 is 0 Å². The summed E-state index contributed by atoms with van der Waals surface area (Å²) in [5.41, 5.74) is 0.863. The van der Waals surface area contributed by atoms with Crippen molar-refractivity contribution in [1.82, 2.24) is 31.2 Å². The maximum atomic E-state index is 12.7. The van der Waals surface area contributed by atoms with Gasteiger partial charge in [-0.2, -0.15) is 0 Å². The van der Waals surface area contributed by atoms with Crippen LogP contribution in [0.15, 0.2) is 12.5 Å². The van der Waals surface area contributed by atoms with Crippen molar-refractivity contribution in [3.63, 3.8) is 0 Å². The number of rotatable bonds is 37. The monoisotopic (exact) mass is 906 g/mol. The van der Waals surface area contributed by atoms with E-state index in [2.05, 4.69) is 31.2 Å². The van der Waals surface area contributed by atoms with E-state index in [1.807, 2.05) is 0 Å². The number of amides is 4. The second kappa shape index (κ2) is 30.7. The fourth-order valence-electron chi connectivity index (χ4n) is 6.61. The average molecular weight is 907 g/mol. The smallest absolute Gasteiger partial charge is 0.326 e. The Labute approximate surface area is 369 Å². The largest absolute Gasteiger partial charge is 0.481 e. The highest BCUT2D eigenvalue weighted by atomic mass is 16.4. The lowest BCUT2D eigenvalue weighted by atomic mass is 9.90. The molecule has 0 aromatic carbocycles. The molecule has 0 unspecified atom stereocenters. The van der Waals surface area contributed by atoms with Gasteiger partial charge in [-0.15, -0.1) is 0 Å². The summed E-state index contributed by atoms with van der Waals surface area (Å²) in [4.78, 5) is 152. The van der Waals surface area contributed by atoms with E-state index in [1.165, 1.54) is 0 Å². The number of hydrogen-bond donors (Lipinski definition) is 9. The summed E-state index contributed by atoms with van der Waals surface area (Å²) >= 11 is 0. The molecule has 0 radical (unpaired) electrons. The van der Waals surface area contributed by atoms with Gasteiger partial charge in [-0.3, -0.25) is 47.9 Å². The molecule has 1 aromatic rings. The van der Waals surface area contributed by atoms with E-state index in [-0.39, 0.29) is 62.7 Å². The first kappa shape index (κ1) is 55.7. The maximum absolute atomic E-state index is 12.7. The normalized spacial score (nSPS) is 13.2. The topological polar surface area (TPSA) is 363 Å². The summed E-state index contributed by atoms with van der Waals surface area (Å²) in [6, 6.07) is -2.96. The van der Waals surface area contributed by atoms with Crippen LogP contribution in [0.1, 0.15) is 129 Å². The number of nitrogens with zero attached hydrogens (tertiary/aromatic N) is 1. The number of nitrogens with one attached hydrogen (secondary N) is 5. The molecular formula is C42H62N6O16. The number of ketones is 4. The van der Waals surface area contributed by atoms with E-state index in [0.717, 1.165) is 12.6 Å². The molecule has 0 aliphatic carbocycles. The minimum Gasteiger partial charge on any atom is -0.481 e. The first-order valence-electron chi connectivity index (χ1n) is 21.3. The molecule has 0 bridgehead atoms. The maximum Gasteiger partial charge on any atom is 0.326 e. The number of Topliss-reactive ketones (excluding diaryl/α,β-unsaturated/α-hetero) is 4. The Morgan fingerprint density at radius 3 is 1.61 bits per heavy atom. The summed E-state index contributed by atoms with van der Waals surface area (Å²) in [5, 5.41) is 47.3. The summed E-state index contributed by atoms with van der Waals surface area (Å²) in [7, 11) is 0. The second-order valence-corrected chi connectivity index (χ2v) is 15.6. The van der Waals surface area contributed by atoms with Gasteiger partial charge < -0.3 is 46.7 Å². The molecule has 4 amide bonds. The fourth-order valence-corrected chi connectivity index (χ4v) is 6.61. The number of aromatic nitrogens is 2. The number of carbonyl (C=O) groups is 12. The Morgan fingerprint density at radius 2 is 1.11 bits per heavy atom. The number of carboxylic acids is 4. The van der Waals surface area contributed by atoms with Gasteiger partial charge in [-0.05, 0) is 51.4 Å². The Hall–Kier alpha value is -6.35. The Balaban J connectivity index is 2.44. The van der Waals surface area contributed by atoms with Gasteiger partial charge in [0.15, 0.2) is 0 Å². The fraction of sp³-hybridized carbons (Fsp3) is 0.643. The number of hydrogen-bond acceptors (Lipinski definition) is 13. The Kier molecular flexibility index (Phi) is 26.7. The first-order valence-corrected chi connectivity index (χ1v) is 21.3. The predicted octanol–water partition coefficient (Wildman–Crippen LogP) is 1.29. The molecule has 22 nitrogen and oxygen atoms in total. The zero-order valence-electron chi connectivity index (χ0n) is 36.3. The third kappa shape index (κ3) is 24.9. The molecule has 356 valence electrons. The highest BCUT2D eigenvalue weighted by Gasteiger charge is 2.28. The summed E-state index contributed by atoms with van der Waals surface area (Å²) in [6.07, 6.45) is 2.77. The van der Waals surface area contributed by atoms with Crippen LogP contribution in [0.2, 0.25) is 0 Å². The second-order valence-electron chi connectivity index (χ2n) is 15.6. The average Bonchev–Trinajstić information content (AvgIpc) is 3.76. The van der Waals surface area contributed by atoms with E-state index >= 15 is 0 Å². The van der Waals surface area contributed by atoms with Crippen LogP contribution in [-0.2, 0) is 64.0 Å². The molecule has 1 aromatic heterocycles. The predicted molar refractivity (Wildman–Crippen MR) is 223 cm³/mol. The number of unbranched alkanes of at least 4 members (excludes halogenated alkanes) is 1. The van der Waals surface area contributed by atoms with E-state index in [1.54, 1.807) is 19.4 Å². The minimum absolute atomic E-state index is 0.0626. The van der Waals surface area contributed by atoms with Crippen LogP contribution in [0.4, 0.5) is 0 Å². The zero-order valence-corrected chi connectivity index (χ0v) is 36.3. The highest BCUT2D eigenvalue weighted by Crippen LogP contribution is 2.20. The van der Waals surface area contributed by atoms with E-state index in [0.29, 0.717) is 51.4 Å². The lowest BCUT2D eigenvalue weighted by Gasteiger charge is -2.17. The van der Waals surface area contributed by atoms with Crippen molar-refractivity contribution in [2.24, 2.45) is 17.8 Å². The molecule has 0 spiro atoms. The summed E-state index contributed by atoms with van der Waals surface area (Å²) in [6.45, 7) is 2.75. The van der Waals surface area contributed by atoms with Crippen LogP contribution in [0, 0.1) is 17.8 Å². The van der Waals surface area contributed by atoms with Crippen molar-refractivity contribution >= 4 is 70.6 Å².